The number of unbranched alkanes of at least 4 members (excludes halogenated alkanes) is 2. The van der Waals surface area contributed by atoms with Crippen LogP contribution in [0.5, 0.6) is 11.5 Å². The summed E-state index contributed by atoms with van der Waals surface area (Å²) in [4.78, 5) is 70.4. The van der Waals surface area contributed by atoms with Crippen LogP contribution >= 0.6 is 0 Å². The van der Waals surface area contributed by atoms with Gasteiger partial charge in [-0.3, -0.25) is 19.2 Å². The minimum absolute atomic E-state index is 0.000221. The molecule has 0 aromatic heterocycles. The van der Waals surface area contributed by atoms with E-state index >= 15 is 0 Å². The third kappa shape index (κ3) is 13.0. The first-order chi connectivity index (χ1) is 24.9. The van der Waals surface area contributed by atoms with Gasteiger partial charge in [-0.05, 0) is 53.6 Å². The highest BCUT2D eigenvalue weighted by atomic mass is 16.4. The average molecular weight is 742 g/mol. The van der Waals surface area contributed by atoms with Crippen LogP contribution in [0.3, 0.4) is 0 Å². The number of aliphatic carboxylic acids is 1. The highest BCUT2D eigenvalue weighted by Crippen LogP contribution is 2.22. The first-order valence-electron chi connectivity index (χ1n) is 18.3. The molecule has 0 heterocycles. The van der Waals surface area contributed by atoms with Crippen molar-refractivity contribution in [2.75, 3.05) is 14.1 Å². The van der Waals surface area contributed by atoms with Gasteiger partial charge in [0.25, 0.3) is 5.91 Å². The van der Waals surface area contributed by atoms with Crippen LogP contribution in [0.25, 0.3) is 0 Å². The lowest BCUT2D eigenvalue weighted by molar-refractivity contribution is -0.152. The number of carbonyl (C=O) groups excluding carboxylic acids is 4. The fourth-order valence-corrected chi connectivity index (χ4v) is 6.06. The lowest BCUT2D eigenvalue weighted by atomic mass is 9.93. The number of nitrogens with one attached hydrogen (secondary N) is 2. The molecule has 8 N–H and O–H groups in total. The van der Waals surface area contributed by atoms with Crippen molar-refractivity contribution in [3.63, 3.8) is 0 Å². The summed E-state index contributed by atoms with van der Waals surface area (Å²) in [6.45, 7) is 9.12. The minimum atomic E-state index is -1.54. The maximum atomic E-state index is 14.5. The van der Waals surface area contributed by atoms with Gasteiger partial charge in [0.15, 0.2) is 0 Å². The van der Waals surface area contributed by atoms with Gasteiger partial charge in [-0.2, -0.15) is 0 Å². The number of phenols is 2. The van der Waals surface area contributed by atoms with Crippen LogP contribution in [-0.4, -0.2) is 110 Å². The molecule has 0 radical (unpaired) electrons. The Morgan fingerprint density at radius 2 is 1.28 bits per heavy atom. The van der Waals surface area contributed by atoms with Crippen LogP contribution in [0.15, 0.2) is 48.5 Å². The van der Waals surface area contributed by atoms with E-state index in [2.05, 4.69) is 10.6 Å². The Bertz CT molecular complexity index is 1500. The Hall–Kier alpha value is -4.69. The number of carbonyl (C=O) groups is 5. The van der Waals surface area contributed by atoms with E-state index in [-0.39, 0.29) is 24.3 Å². The number of hydrogen-bond acceptors (Lipinski definition) is 9. The SMILES string of the molecule is CCCCC[C@H](N)[C@H](O)C(=O)N[C@H](C(=O)N(C)[C@H](C(=O)N(C)[C@@H](Cc1ccc(O)cc1)C(=O)N[C@@H](Cc1ccc(O)cc1)C(=O)O)[C@@H](C)CC)C(C)C. The maximum absolute atomic E-state index is 14.5. The first-order valence-corrected chi connectivity index (χ1v) is 18.3. The summed E-state index contributed by atoms with van der Waals surface area (Å²) in [6, 6.07) is 6.29. The van der Waals surface area contributed by atoms with Crippen molar-refractivity contribution in [2.24, 2.45) is 17.6 Å². The zero-order valence-electron chi connectivity index (χ0n) is 32.0. The second kappa shape index (κ2) is 21.1. The van der Waals surface area contributed by atoms with E-state index in [1.807, 2.05) is 13.8 Å². The van der Waals surface area contributed by atoms with E-state index in [4.69, 9.17) is 5.73 Å². The van der Waals surface area contributed by atoms with Gasteiger partial charge in [-0.25, -0.2) is 4.79 Å². The van der Waals surface area contributed by atoms with Crippen molar-refractivity contribution in [3.05, 3.63) is 59.7 Å². The largest absolute Gasteiger partial charge is 0.508 e. The number of nitrogens with two attached hydrogens (primary N) is 1. The average Bonchev–Trinajstić information content (AvgIpc) is 3.12. The molecular weight excluding hydrogens is 682 g/mol. The fraction of sp³-hybridized carbons (Fsp3) is 0.564. The Labute approximate surface area is 312 Å². The van der Waals surface area contributed by atoms with Crippen molar-refractivity contribution in [2.45, 2.75) is 116 Å². The van der Waals surface area contributed by atoms with Crippen molar-refractivity contribution in [3.8, 4) is 11.5 Å². The molecule has 14 heteroatoms. The second-order valence-corrected chi connectivity index (χ2v) is 14.2. The van der Waals surface area contributed by atoms with Crippen molar-refractivity contribution >= 4 is 29.6 Å². The van der Waals surface area contributed by atoms with Gasteiger partial charge in [0, 0.05) is 33.0 Å². The van der Waals surface area contributed by atoms with E-state index < -0.39 is 77.7 Å². The van der Waals surface area contributed by atoms with Crippen LogP contribution in [0.4, 0.5) is 0 Å². The molecule has 294 valence electrons. The van der Waals surface area contributed by atoms with Crippen LogP contribution in [0, 0.1) is 11.8 Å². The number of amides is 4. The van der Waals surface area contributed by atoms with Crippen LogP contribution in [0.2, 0.25) is 0 Å². The number of likely N-dealkylation sites (N-methyl/N-ethyl adjacent to an activating group) is 2. The monoisotopic (exact) mass is 741 g/mol. The number of rotatable bonds is 21. The number of aliphatic hydroxyl groups excluding tert-OH is 1. The normalized spacial score (nSPS) is 15.3. The third-order valence-corrected chi connectivity index (χ3v) is 9.72. The molecule has 0 saturated heterocycles. The lowest BCUT2D eigenvalue weighted by Gasteiger charge is -2.39. The van der Waals surface area contributed by atoms with E-state index in [9.17, 15) is 44.4 Å². The van der Waals surface area contributed by atoms with Crippen molar-refractivity contribution in [1.82, 2.24) is 20.4 Å². The molecule has 4 amide bonds. The number of carboxylic acid groups (broad SMARTS) is 1. The van der Waals surface area contributed by atoms with Crippen LogP contribution in [0.1, 0.15) is 77.8 Å². The van der Waals surface area contributed by atoms with E-state index in [1.54, 1.807) is 45.0 Å². The Morgan fingerprint density at radius 1 is 0.755 bits per heavy atom. The molecule has 53 heavy (non-hydrogen) atoms. The van der Waals surface area contributed by atoms with Gasteiger partial charge in [-0.1, -0.05) is 84.6 Å². The molecule has 0 bridgehead atoms. The molecule has 0 spiro atoms. The third-order valence-electron chi connectivity index (χ3n) is 9.72. The smallest absolute Gasteiger partial charge is 0.326 e. The number of hydrogen-bond donors (Lipinski definition) is 7. The molecule has 2 aromatic carbocycles. The van der Waals surface area contributed by atoms with E-state index in [1.165, 1.54) is 48.2 Å². The number of phenolic OH excluding ortho intramolecular Hbond substituents is 2. The summed E-state index contributed by atoms with van der Waals surface area (Å²) >= 11 is 0. The molecule has 0 aliphatic carbocycles. The molecule has 2 aromatic rings. The molecule has 0 saturated carbocycles. The number of carboxylic acids is 1. The molecule has 7 atom stereocenters. The Morgan fingerprint density at radius 3 is 1.75 bits per heavy atom. The molecule has 0 aliphatic heterocycles. The molecule has 0 unspecified atom stereocenters. The zero-order chi connectivity index (χ0) is 40.0. The van der Waals surface area contributed by atoms with Gasteiger partial charge in [-0.15, -0.1) is 0 Å². The highest BCUT2D eigenvalue weighted by molar-refractivity contribution is 5.95. The standard InChI is InChI=1S/C39H59N5O9/c1-8-10-11-12-29(40)34(47)36(49)42-32(23(3)4)37(50)44(7)33(24(5)9-2)38(51)43(6)31(22-26-15-19-28(46)20-16-26)35(48)41-30(39(52)53)21-25-13-17-27(45)18-14-25/h13-20,23-24,29-34,45-47H,8-12,21-22,40H2,1-7H3,(H,41,48)(H,42,49)(H,52,53)/t24-,29-,30-,31-,32-,33-,34-/m0/s1. The topological polar surface area (TPSA) is 223 Å². The molecule has 0 fully saturated rings. The van der Waals surface area contributed by atoms with E-state index in [0.29, 0.717) is 24.0 Å². The highest BCUT2D eigenvalue weighted by Gasteiger charge is 2.41. The van der Waals surface area contributed by atoms with Gasteiger partial charge in [0.2, 0.25) is 17.7 Å². The predicted octanol–water partition coefficient (Wildman–Crippen LogP) is 2.56. The number of nitrogens with zero attached hydrogens (tertiary/aromatic N) is 2. The predicted molar refractivity (Wildman–Crippen MR) is 201 cm³/mol. The second-order valence-electron chi connectivity index (χ2n) is 14.2. The zero-order valence-corrected chi connectivity index (χ0v) is 32.0. The Kier molecular flexibility index (Phi) is 17.7. The van der Waals surface area contributed by atoms with Crippen LogP contribution < -0.4 is 16.4 Å². The quantitative estimate of drug-likeness (QED) is 0.0927. The summed E-state index contributed by atoms with van der Waals surface area (Å²) in [5.74, 6) is -4.87. The van der Waals surface area contributed by atoms with Gasteiger partial charge in [0.1, 0.15) is 41.8 Å². The summed E-state index contributed by atoms with van der Waals surface area (Å²) in [5.41, 5.74) is 7.21. The summed E-state index contributed by atoms with van der Waals surface area (Å²) in [6.07, 6.45) is 1.80. The van der Waals surface area contributed by atoms with Crippen LogP contribution in [-0.2, 0) is 36.8 Å². The van der Waals surface area contributed by atoms with Gasteiger partial charge < -0.3 is 46.6 Å². The minimum Gasteiger partial charge on any atom is -0.508 e. The molecule has 14 nitrogen and oxygen atoms in total. The summed E-state index contributed by atoms with van der Waals surface area (Å²) in [5, 5.41) is 45.4. The molecule has 0 aliphatic rings. The van der Waals surface area contributed by atoms with Crippen molar-refractivity contribution < 1.29 is 44.4 Å². The molecular formula is C39H59N5O9. The summed E-state index contributed by atoms with van der Waals surface area (Å²) < 4.78 is 0. The first kappa shape index (κ1) is 44.5. The van der Waals surface area contributed by atoms with Gasteiger partial charge >= 0.3 is 5.97 Å². The Balaban J connectivity index is 2.43. The fourth-order valence-electron chi connectivity index (χ4n) is 6.06. The number of aromatic hydroxyl groups is 2. The maximum Gasteiger partial charge on any atom is 0.326 e. The summed E-state index contributed by atoms with van der Waals surface area (Å²) in [7, 11) is 2.86. The lowest BCUT2D eigenvalue weighted by Crippen LogP contribution is -2.61. The molecule has 2 rings (SSSR count). The number of aliphatic hydroxyl groups is 1. The van der Waals surface area contributed by atoms with E-state index in [0.717, 1.165) is 19.3 Å². The van der Waals surface area contributed by atoms with Crippen molar-refractivity contribution in [1.29, 1.82) is 0 Å². The van der Waals surface area contributed by atoms with Gasteiger partial charge in [0.05, 0.1) is 0 Å². The number of benzene rings is 2.